The van der Waals surface area contributed by atoms with Gasteiger partial charge in [-0.05, 0) is 52.4 Å². The van der Waals surface area contributed by atoms with Gasteiger partial charge in [-0.2, -0.15) is 0 Å². The first-order valence-corrected chi connectivity index (χ1v) is 8.63. The van der Waals surface area contributed by atoms with Gasteiger partial charge in [0.1, 0.15) is 13.2 Å². The van der Waals surface area contributed by atoms with Crippen molar-refractivity contribution < 1.29 is 19.0 Å². The normalized spacial score (nSPS) is 19.2. The maximum atomic E-state index is 12.2. The molecule has 0 aliphatic carbocycles. The van der Waals surface area contributed by atoms with Crippen LogP contribution in [0.5, 0.6) is 11.5 Å². The molecule has 0 aromatic heterocycles. The number of halogens is 1. The summed E-state index contributed by atoms with van der Waals surface area (Å²) in [7, 11) is 0. The van der Waals surface area contributed by atoms with E-state index in [1.165, 1.54) is 0 Å². The molecule has 1 aromatic carbocycles. The summed E-state index contributed by atoms with van der Waals surface area (Å²) >= 11 is 3.48. The fourth-order valence-corrected chi connectivity index (χ4v) is 3.47. The SMILES string of the molecule is NC(C(=O)NCc1cc(Br)c2c(c1)OCCO2)C1CCOCC1. The minimum Gasteiger partial charge on any atom is -0.486 e. The minimum absolute atomic E-state index is 0.122. The summed E-state index contributed by atoms with van der Waals surface area (Å²) in [5.74, 6) is 1.48. The van der Waals surface area contributed by atoms with Crippen molar-refractivity contribution in [3.8, 4) is 11.5 Å². The highest BCUT2D eigenvalue weighted by molar-refractivity contribution is 9.10. The third-order valence-electron chi connectivity index (χ3n) is 4.20. The molecular formula is C16H21BrN2O4. The van der Waals surface area contributed by atoms with Crippen molar-refractivity contribution in [2.45, 2.75) is 25.4 Å². The number of benzene rings is 1. The predicted molar refractivity (Wildman–Crippen MR) is 88.5 cm³/mol. The average molecular weight is 385 g/mol. The molecule has 126 valence electrons. The van der Waals surface area contributed by atoms with E-state index in [-0.39, 0.29) is 11.8 Å². The van der Waals surface area contributed by atoms with Crippen LogP contribution in [0.1, 0.15) is 18.4 Å². The van der Waals surface area contributed by atoms with Gasteiger partial charge in [0.25, 0.3) is 0 Å². The molecule has 2 heterocycles. The van der Waals surface area contributed by atoms with Gasteiger partial charge in [0.05, 0.1) is 10.5 Å². The minimum atomic E-state index is -0.487. The van der Waals surface area contributed by atoms with Gasteiger partial charge in [-0.15, -0.1) is 0 Å². The number of nitrogens with two attached hydrogens (primary N) is 1. The van der Waals surface area contributed by atoms with Gasteiger partial charge in [-0.1, -0.05) is 0 Å². The number of nitrogens with one attached hydrogen (secondary N) is 1. The average Bonchev–Trinajstić information content (AvgIpc) is 2.60. The molecule has 3 rings (SSSR count). The van der Waals surface area contributed by atoms with Crippen molar-refractivity contribution >= 4 is 21.8 Å². The topological polar surface area (TPSA) is 82.8 Å². The summed E-state index contributed by atoms with van der Waals surface area (Å²) in [5.41, 5.74) is 7.01. The molecule has 23 heavy (non-hydrogen) atoms. The van der Waals surface area contributed by atoms with Gasteiger partial charge in [0.2, 0.25) is 5.91 Å². The predicted octanol–water partition coefficient (Wildman–Crippen LogP) is 1.59. The Bertz CT molecular complexity index is 575. The fourth-order valence-electron chi connectivity index (χ4n) is 2.86. The highest BCUT2D eigenvalue weighted by Gasteiger charge is 2.26. The van der Waals surface area contributed by atoms with Crippen molar-refractivity contribution in [3.63, 3.8) is 0 Å². The Balaban J connectivity index is 1.59. The van der Waals surface area contributed by atoms with Crippen LogP contribution >= 0.6 is 15.9 Å². The molecule has 1 saturated heterocycles. The number of hydrogen-bond donors (Lipinski definition) is 2. The zero-order chi connectivity index (χ0) is 16.2. The molecule has 1 fully saturated rings. The zero-order valence-corrected chi connectivity index (χ0v) is 14.4. The van der Waals surface area contributed by atoms with Gasteiger partial charge in [-0.25, -0.2) is 0 Å². The van der Waals surface area contributed by atoms with Crippen LogP contribution in [0, 0.1) is 5.92 Å². The van der Waals surface area contributed by atoms with E-state index < -0.39 is 6.04 Å². The molecule has 3 N–H and O–H groups in total. The molecule has 0 saturated carbocycles. The van der Waals surface area contributed by atoms with Crippen molar-refractivity contribution in [1.82, 2.24) is 5.32 Å². The number of ether oxygens (including phenoxy) is 3. The molecule has 6 nitrogen and oxygen atoms in total. The number of carbonyl (C=O) groups is 1. The Morgan fingerprint density at radius 2 is 2.00 bits per heavy atom. The molecule has 2 aliphatic rings. The molecule has 2 aliphatic heterocycles. The maximum Gasteiger partial charge on any atom is 0.237 e. The smallest absolute Gasteiger partial charge is 0.237 e. The second-order valence-corrected chi connectivity index (χ2v) is 6.65. The summed E-state index contributed by atoms with van der Waals surface area (Å²) in [5, 5.41) is 2.91. The Morgan fingerprint density at radius 1 is 1.26 bits per heavy atom. The Labute approximate surface area is 143 Å². The van der Waals surface area contributed by atoms with Gasteiger partial charge < -0.3 is 25.3 Å². The molecule has 1 aromatic rings. The van der Waals surface area contributed by atoms with Crippen LogP contribution < -0.4 is 20.5 Å². The van der Waals surface area contributed by atoms with Gasteiger partial charge in [0.15, 0.2) is 11.5 Å². The number of amides is 1. The van der Waals surface area contributed by atoms with Crippen LogP contribution in [0.4, 0.5) is 0 Å². The lowest BCUT2D eigenvalue weighted by Gasteiger charge is -2.26. The summed E-state index contributed by atoms with van der Waals surface area (Å²) in [6.07, 6.45) is 1.67. The van der Waals surface area contributed by atoms with Gasteiger partial charge in [-0.3, -0.25) is 4.79 Å². The van der Waals surface area contributed by atoms with E-state index in [1.54, 1.807) is 0 Å². The highest BCUT2D eigenvalue weighted by Crippen LogP contribution is 2.38. The molecule has 1 amide bonds. The Hall–Kier alpha value is -1.31. The fraction of sp³-hybridized carbons (Fsp3) is 0.562. The second-order valence-electron chi connectivity index (χ2n) is 5.80. The van der Waals surface area contributed by atoms with E-state index in [2.05, 4.69) is 21.2 Å². The molecule has 0 bridgehead atoms. The molecule has 1 unspecified atom stereocenters. The van der Waals surface area contributed by atoms with Crippen LogP contribution in [-0.2, 0) is 16.1 Å². The Morgan fingerprint density at radius 3 is 2.78 bits per heavy atom. The second kappa shape index (κ2) is 7.51. The van der Waals surface area contributed by atoms with Gasteiger partial charge >= 0.3 is 0 Å². The zero-order valence-electron chi connectivity index (χ0n) is 12.8. The van der Waals surface area contributed by atoms with E-state index in [9.17, 15) is 4.79 Å². The van der Waals surface area contributed by atoms with Crippen molar-refractivity contribution in [2.75, 3.05) is 26.4 Å². The van der Waals surface area contributed by atoms with Crippen LogP contribution in [0.3, 0.4) is 0 Å². The van der Waals surface area contributed by atoms with Crippen molar-refractivity contribution in [3.05, 3.63) is 22.2 Å². The van der Waals surface area contributed by atoms with E-state index in [4.69, 9.17) is 19.9 Å². The standard InChI is InChI=1S/C16H21BrN2O4/c17-12-7-10(8-13-15(12)23-6-5-22-13)9-19-16(20)14(18)11-1-3-21-4-2-11/h7-8,11,14H,1-6,9,18H2,(H,19,20). The van der Waals surface area contributed by atoms with E-state index >= 15 is 0 Å². The quantitative estimate of drug-likeness (QED) is 0.823. The van der Waals surface area contributed by atoms with Gasteiger partial charge in [0, 0.05) is 19.8 Å². The third kappa shape index (κ3) is 3.97. The summed E-state index contributed by atoms with van der Waals surface area (Å²) in [6.45, 7) is 2.85. The Kier molecular flexibility index (Phi) is 5.40. The molecule has 7 heteroatoms. The maximum absolute atomic E-state index is 12.2. The molecule has 1 atom stereocenters. The van der Waals surface area contributed by atoms with Crippen molar-refractivity contribution in [2.24, 2.45) is 11.7 Å². The molecule has 0 radical (unpaired) electrons. The lowest BCUT2D eigenvalue weighted by molar-refractivity contribution is -0.124. The first-order valence-electron chi connectivity index (χ1n) is 7.84. The van der Waals surface area contributed by atoms with Crippen molar-refractivity contribution in [1.29, 1.82) is 0 Å². The number of rotatable bonds is 4. The molecular weight excluding hydrogens is 364 g/mol. The largest absolute Gasteiger partial charge is 0.486 e. The molecule has 0 spiro atoms. The lowest BCUT2D eigenvalue weighted by atomic mass is 9.92. The summed E-state index contributed by atoms with van der Waals surface area (Å²) in [6, 6.07) is 3.33. The number of carbonyl (C=O) groups excluding carboxylic acids is 1. The van der Waals surface area contributed by atoms with E-state index in [0.717, 1.165) is 22.9 Å². The third-order valence-corrected chi connectivity index (χ3v) is 4.79. The van der Waals surface area contributed by atoms with Crippen LogP contribution in [-0.4, -0.2) is 38.4 Å². The van der Waals surface area contributed by atoms with Crippen LogP contribution in [0.15, 0.2) is 16.6 Å². The van der Waals surface area contributed by atoms with Crippen LogP contribution in [0.25, 0.3) is 0 Å². The van der Waals surface area contributed by atoms with Crippen LogP contribution in [0.2, 0.25) is 0 Å². The summed E-state index contributed by atoms with van der Waals surface area (Å²) in [4.78, 5) is 12.2. The number of fused-ring (bicyclic) bond motifs is 1. The van der Waals surface area contributed by atoms with E-state index in [0.29, 0.717) is 44.5 Å². The number of hydrogen-bond acceptors (Lipinski definition) is 5. The summed E-state index contributed by atoms with van der Waals surface area (Å²) < 4.78 is 17.3. The first-order chi connectivity index (χ1) is 11.1. The lowest BCUT2D eigenvalue weighted by Crippen LogP contribution is -2.46. The first kappa shape index (κ1) is 16.5. The monoisotopic (exact) mass is 384 g/mol. The highest BCUT2D eigenvalue weighted by atomic mass is 79.9. The van der Waals surface area contributed by atoms with E-state index in [1.807, 2.05) is 12.1 Å².